The number of aryl methyl sites for hydroxylation is 1. The molecule has 0 aromatic heterocycles. The average molecular weight is 469 g/mol. The van der Waals surface area contributed by atoms with Gasteiger partial charge < -0.3 is 9.94 Å². The Morgan fingerprint density at radius 2 is 1.89 bits per heavy atom. The van der Waals surface area contributed by atoms with Crippen molar-refractivity contribution in [3.63, 3.8) is 0 Å². The predicted molar refractivity (Wildman–Crippen MR) is 110 cm³/mol. The van der Waals surface area contributed by atoms with Crippen molar-refractivity contribution >= 4 is 38.6 Å². The molecule has 0 amide bonds. The van der Waals surface area contributed by atoms with Gasteiger partial charge in [-0.25, -0.2) is 4.39 Å². The van der Waals surface area contributed by atoms with Gasteiger partial charge in [-0.2, -0.15) is 4.18 Å². The summed E-state index contributed by atoms with van der Waals surface area (Å²) in [5.41, 5.74) is 1.33. The fraction of sp³-hybridized carbons (Fsp3) is 0.300. The number of Topliss-reactive ketones (excluding diaryl/α,β-unsaturated/α-hetero) is 1. The standard InChI is InChI=1S/C20H20BrFNO4S/c1-12-4-10-16(11-5-12)28(26-3)19-17(23-27-20(19,25)13(2)22)18(24)14-6-8-15(21)9-7-14/h4-11,13,19,25H,1-3H3/q+1. The molecule has 28 heavy (non-hydrogen) atoms. The first-order valence-electron chi connectivity index (χ1n) is 8.55. The number of nitrogens with zero attached hydrogens (tertiary/aromatic N) is 1. The lowest BCUT2D eigenvalue weighted by molar-refractivity contribution is -0.217. The number of aliphatic hydroxyl groups is 1. The van der Waals surface area contributed by atoms with Gasteiger partial charge in [-0.3, -0.25) is 4.79 Å². The molecule has 0 fully saturated rings. The van der Waals surface area contributed by atoms with Gasteiger partial charge in [0.05, 0.1) is 7.11 Å². The number of carbonyl (C=O) groups is 1. The summed E-state index contributed by atoms with van der Waals surface area (Å²) >= 11 is 2.15. The Morgan fingerprint density at radius 1 is 1.29 bits per heavy atom. The minimum Gasteiger partial charge on any atom is -0.350 e. The molecule has 0 saturated heterocycles. The molecule has 5 nitrogen and oxygen atoms in total. The Bertz CT molecular complexity index is 888. The van der Waals surface area contributed by atoms with Crippen molar-refractivity contribution in [2.75, 3.05) is 7.11 Å². The van der Waals surface area contributed by atoms with Crippen LogP contribution >= 0.6 is 15.9 Å². The predicted octanol–water partition coefficient (Wildman–Crippen LogP) is 3.98. The molecule has 2 aromatic rings. The molecule has 148 valence electrons. The smallest absolute Gasteiger partial charge is 0.323 e. The lowest BCUT2D eigenvalue weighted by Crippen LogP contribution is -2.55. The van der Waals surface area contributed by atoms with E-state index in [1.807, 2.05) is 31.2 Å². The summed E-state index contributed by atoms with van der Waals surface area (Å²) in [6, 6.07) is 14.1. The maximum absolute atomic E-state index is 14.4. The summed E-state index contributed by atoms with van der Waals surface area (Å²) in [5, 5.41) is 13.6. The number of halogens is 2. The van der Waals surface area contributed by atoms with Gasteiger partial charge in [0.1, 0.15) is 0 Å². The molecule has 1 heterocycles. The van der Waals surface area contributed by atoms with Crippen molar-refractivity contribution < 1.29 is 23.3 Å². The Kier molecular flexibility index (Phi) is 6.24. The van der Waals surface area contributed by atoms with Crippen LogP contribution in [0.25, 0.3) is 0 Å². The molecule has 3 rings (SSSR count). The van der Waals surface area contributed by atoms with Crippen LogP contribution in [-0.2, 0) is 20.2 Å². The third-order valence-corrected chi connectivity index (χ3v) is 7.08. The Balaban J connectivity index is 2.04. The molecule has 0 spiro atoms. The number of hydrogen-bond acceptors (Lipinski definition) is 5. The zero-order valence-electron chi connectivity index (χ0n) is 15.6. The van der Waals surface area contributed by atoms with Gasteiger partial charge in [0.2, 0.25) is 17.0 Å². The first-order chi connectivity index (χ1) is 13.3. The molecule has 8 heteroatoms. The third kappa shape index (κ3) is 3.87. The van der Waals surface area contributed by atoms with Crippen molar-refractivity contribution in [3.05, 3.63) is 64.1 Å². The van der Waals surface area contributed by atoms with E-state index in [1.165, 1.54) is 14.0 Å². The number of benzene rings is 2. The second kappa shape index (κ2) is 8.32. The van der Waals surface area contributed by atoms with Crippen molar-refractivity contribution in [3.8, 4) is 0 Å². The summed E-state index contributed by atoms with van der Waals surface area (Å²) < 4.78 is 20.8. The van der Waals surface area contributed by atoms with E-state index in [0.29, 0.717) is 10.5 Å². The van der Waals surface area contributed by atoms with Crippen molar-refractivity contribution in [2.45, 2.75) is 36.0 Å². The van der Waals surface area contributed by atoms with Gasteiger partial charge in [0.15, 0.2) is 16.8 Å². The van der Waals surface area contributed by atoms with E-state index in [-0.39, 0.29) is 5.71 Å². The second-order valence-corrected chi connectivity index (χ2v) is 9.22. The van der Waals surface area contributed by atoms with Gasteiger partial charge in [0, 0.05) is 10.0 Å². The van der Waals surface area contributed by atoms with Crippen LogP contribution in [0.3, 0.4) is 0 Å². The molecule has 1 aliphatic heterocycles. The number of rotatable bonds is 6. The molecule has 1 N–H and O–H groups in total. The molecule has 4 atom stereocenters. The number of oxime groups is 1. The maximum atomic E-state index is 14.4. The fourth-order valence-corrected chi connectivity index (χ4v) is 5.08. The summed E-state index contributed by atoms with van der Waals surface area (Å²) in [5.74, 6) is -2.75. The zero-order valence-corrected chi connectivity index (χ0v) is 18.0. The lowest BCUT2D eigenvalue weighted by Gasteiger charge is -2.26. The third-order valence-electron chi connectivity index (χ3n) is 4.47. The van der Waals surface area contributed by atoms with Crippen LogP contribution in [-0.4, -0.2) is 40.9 Å². The van der Waals surface area contributed by atoms with E-state index in [9.17, 15) is 14.3 Å². The van der Waals surface area contributed by atoms with E-state index in [0.717, 1.165) is 10.0 Å². The molecular weight excluding hydrogens is 449 g/mol. The molecule has 2 aromatic carbocycles. The minimum atomic E-state index is -2.30. The monoisotopic (exact) mass is 468 g/mol. The Morgan fingerprint density at radius 3 is 2.43 bits per heavy atom. The van der Waals surface area contributed by atoms with Crippen LogP contribution < -0.4 is 0 Å². The van der Waals surface area contributed by atoms with E-state index in [1.54, 1.807) is 24.3 Å². The van der Waals surface area contributed by atoms with Gasteiger partial charge >= 0.3 is 5.79 Å². The van der Waals surface area contributed by atoms with Crippen LogP contribution in [0.4, 0.5) is 4.39 Å². The normalized spacial score (nSPS) is 23.6. The SMILES string of the molecule is CO[S+](c1ccc(C)cc1)C1C(C(=O)c2ccc(Br)cc2)=NOC1(O)C(C)F. The van der Waals surface area contributed by atoms with Crippen LogP contribution in [0.1, 0.15) is 22.8 Å². The highest BCUT2D eigenvalue weighted by Crippen LogP contribution is 2.38. The molecule has 0 radical (unpaired) electrons. The molecule has 4 unspecified atom stereocenters. The first kappa shape index (κ1) is 21.0. The zero-order chi connectivity index (χ0) is 20.5. The van der Waals surface area contributed by atoms with Gasteiger partial charge in [-0.15, -0.1) is 0 Å². The van der Waals surface area contributed by atoms with Crippen LogP contribution in [0, 0.1) is 6.92 Å². The molecule has 0 saturated carbocycles. The first-order valence-corrected chi connectivity index (χ1v) is 10.6. The van der Waals surface area contributed by atoms with Crippen molar-refractivity contribution in [2.24, 2.45) is 5.16 Å². The fourth-order valence-electron chi connectivity index (χ4n) is 2.86. The van der Waals surface area contributed by atoms with Crippen LogP contribution in [0.2, 0.25) is 0 Å². The summed E-state index contributed by atoms with van der Waals surface area (Å²) in [4.78, 5) is 18.9. The molecule has 0 aliphatic carbocycles. The Labute approximate surface area is 174 Å². The van der Waals surface area contributed by atoms with Crippen molar-refractivity contribution in [1.29, 1.82) is 0 Å². The number of alkyl halides is 1. The quantitative estimate of drug-likeness (QED) is 0.514. The van der Waals surface area contributed by atoms with Gasteiger partial charge in [-0.1, -0.05) is 38.8 Å². The molecule has 1 aliphatic rings. The lowest BCUT2D eigenvalue weighted by atomic mass is 9.98. The topological polar surface area (TPSA) is 68.1 Å². The summed E-state index contributed by atoms with van der Waals surface area (Å²) in [6.07, 6.45) is -1.80. The molecular formula is C20H20BrFNO4S+. The highest BCUT2D eigenvalue weighted by molar-refractivity contribution is 9.10. The highest BCUT2D eigenvalue weighted by Gasteiger charge is 2.65. The van der Waals surface area contributed by atoms with Crippen molar-refractivity contribution in [1.82, 2.24) is 0 Å². The number of hydrogen-bond donors (Lipinski definition) is 1. The number of ketones is 1. The summed E-state index contributed by atoms with van der Waals surface area (Å²) in [6.45, 7) is 3.11. The maximum Gasteiger partial charge on any atom is 0.323 e. The summed E-state index contributed by atoms with van der Waals surface area (Å²) in [7, 11) is 1.45. The highest BCUT2D eigenvalue weighted by atomic mass is 79.9. The Hall–Kier alpha value is -1.74. The van der Waals surface area contributed by atoms with E-state index in [2.05, 4.69) is 21.1 Å². The van der Waals surface area contributed by atoms with Gasteiger partial charge in [-0.05, 0) is 50.2 Å². The number of carbonyl (C=O) groups excluding carboxylic acids is 1. The van der Waals surface area contributed by atoms with E-state index < -0.39 is 34.2 Å². The van der Waals surface area contributed by atoms with Crippen LogP contribution in [0.15, 0.2) is 63.1 Å². The van der Waals surface area contributed by atoms with E-state index in [4.69, 9.17) is 9.02 Å². The van der Waals surface area contributed by atoms with Crippen LogP contribution in [0.5, 0.6) is 0 Å². The minimum absolute atomic E-state index is 0.0694. The average Bonchev–Trinajstić information content (AvgIpc) is 3.03. The second-order valence-electron chi connectivity index (χ2n) is 6.43. The largest absolute Gasteiger partial charge is 0.350 e. The van der Waals surface area contributed by atoms with Gasteiger partial charge in [0.25, 0.3) is 5.25 Å². The van der Waals surface area contributed by atoms with E-state index >= 15 is 0 Å². The molecule has 0 bridgehead atoms.